The van der Waals surface area contributed by atoms with Crippen LogP contribution in [0.5, 0.6) is 0 Å². The average Bonchev–Trinajstić information content (AvgIpc) is 3.17. The molecule has 1 aliphatic carbocycles. The maximum atomic E-state index is 5.40. The minimum absolute atomic E-state index is 0.855. The Morgan fingerprint density at radius 3 is 2.94 bits per heavy atom. The van der Waals surface area contributed by atoms with Crippen molar-refractivity contribution in [3.63, 3.8) is 0 Å². The number of piperidine rings is 1. The van der Waals surface area contributed by atoms with Gasteiger partial charge in [0.25, 0.3) is 0 Å². The van der Waals surface area contributed by atoms with Crippen molar-refractivity contribution in [3.8, 4) is 0 Å². The zero-order valence-corrected chi connectivity index (χ0v) is 11.3. The van der Waals surface area contributed by atoms with Gasteiger partial charge in [-0.3, -0.25) is 0 Å². The smallest absolute Gasteiger partial charge is 0.0478 e. The maximum absolute atomic E-state index is 5.40. The van der Waals surface area contributed by atoms with Crippen molar-refractivity contribution >= 4 is 0 Å². The van der Waals surface area contributed by atoms with Gasteiger partial charge in [0.15, 0.2) is 0 Å². The van der Waals surface area contributed by atoms with Crippen molar-refractivity contribution in [2.75, 3.05) is 39.4 Å². The first-order valence-corrected chi connectivity index (χ1v) is 7.42. The summed E-state index contributed by atoms with van der Waals surface area (Å²) in [5.41, 5.74) is 0. The van der Waals surface area contributed by atoms with Gasteiger partial charge in [-0.2, -0.15) is 0 Å². The maximum Gasteiger partial charge on any atom is 0.0478 e. The Bertz CT molecular complexity index is 206. The van der Waals surface area contributed by atoms with Crippen LogP contribution >= 0.6 is 0 Å². The lowest BCUT2D eigenvalue weighted by atomic mass is 9.98. The van der Waals surface area contributed by atoms with Crippen LogP contribution in [0.25, 0.3) is 0 Å². The molecule has 2 aliphatic rings. The summed E-state index contributed by atoms with van der Waals surface area (Å²) in [5.74, 6) is 0.886. The van der Waals surface area contributed by atoms with Crippen LogP contribution in [0.15, 0.2) is 0 Å². The zero-order valence-electron chi connectivity index (χ0n) is 11.3. The van der Waals surface area contributed by atoms with Crippen LogP contribution in [0.3, 0.4) is 0 Å². The second kappa shape index (κ2) is 7.34. The highest BCUT2D eigenvalue weighted by atomic mass is 16.5. The van der Waals surface area contributed by atoms with Crippen LogP contribution in [-0.2, 0) is 4.74 Å². The summed E-state index contributed by atoms with van der Waals surface area (Å²) in [7, 11) is 0. The molecule has 2 fully saturated rings. The molecule has 1 heterocycles. The quantitative estimate of drug-likeness (QED) is 0.656. The predicted molar refractivity (Wildman–Crippen MR) is 71.3 cm³/mol. The van der Waals surface area contributed by atoms with Gasteiger partial charge in [0.05, 0.1) is 0 Å². The first-order chi connectivity index (χ1) is 8.38. The van der Waals surface area contributed by atoms with Crippen molar-refractivity contribution in [2.45, 2.75) is 45.1 Å². The Morgan fingerprint density at radius 1 is 1.29 bits per heavy atom. The highest BCUT2D eigenvalue weighted by molar-refractivity contribution is 4.83. The van der Waals surface area contributed by atoms with Crippen LogP contribution in [0, 0.1) is 5.92 Å². The molecule has 0 aromatic heterocycles. The third-order valence-corrected chi connectivity index (χ3v) is 3.84. The average molecular weight is 240 g/mol. The molecule has 1 N–H and O–H groups in total. The molecule has 1 atom stereocenters. The van der Waals surface area contributed by atoms with Gasteiger partial charge in [-0.05, 0) is 58.0 Å². The molecule has 0 aromatic carbocycles. The van der Waals surface area contributed by atoms with Crippen LogP contribution in [-0.4, -0.2) is 50.3 Å². The molecule has 1 saturated carbocycles. The molecule has 1 saturated heterocycles. The van der Waals surface area contributed by atoms with Gasteiger partial charge in [0, 0.05) is 32.3 Å². The number of hydrogen-bond acceptors (Lipinski definition) is 3. The molecule has 2 rings (SSSR count). The molecular weight excluding hydrogens is 212 g/mol. The molecule has 1 aliphatic heterocycles. The van der Waals surface area contributed by atoms with Crippen molar-refractivity contribution in [2.24, 2.45) is 5.92 Å². The van der Waals surface area contributed by atoms with Gasteiger partial charge >= 0.3 is 0 Å². The number of likely N-dealkylation sites (tertiary alicyclic amines) is 1. The minimum Gasteiger partial charge on any atom is -0.382 e. The number of nitrogens with one attached hydrogen (secondary N) is 1. The summed E-state index contributed by atoms with van der Waals surface area (Å²) in [6.07, 6.45) is 6.81. The summed E-state index contributed by atoms with van der Waals surface area (Å²) in [6, 6.07) is 0.864. The third-order valence-electron chi connectivity index (χ3n) is 3.84. The van der Waals surface area contributed by atoms with Gasteiger partial charge in [0.2, 0.25) is 0 Å². The highest BCUT2D eigenvalue weighted by Gasteiger charge is 2.24. The Hall–Kier alpha value is -0.120. The van der Waals surface area contributed by atoms with Gasteiger partial charge in [-0.1, -0.05) is 0 Å². The molecule has 17 heavy (non-hydrogen) atoms. The van der Waals surface area contributed by atoms with E-state index in [9.17, 15) is 0 Å². The normalized spacial score (nSPS) is 26.3. The van der Waals surface area contributed by atoms with Crippen molar-refractivity contribution < 1.29 is 4.74 Å². The summed E-state index contributed by atoms with van der Waals surface area (Å²) in [4.78, 5) is 2.63. The van der Waals surface area contributed by atoms with Crippen LogP contribution < -0.4 is 5.32 Å². The van der Waals surface area contributed by atoms with Crippen molar-refractivity contribution in [1.82, 2.24) is 10.2 Å². The molecule has 1 unspecified atom stereocenters. The SMILES string of the molecule is CCOCCCN1CCCC(CNC2CC2)C1. The molecule has 0 bridgehead atoms. The van der Waals surface area contributed by atoms with E-state index in [1.807, 2.05) is 0 Å². The first kappa shape index (κ1) is 13.3. The molecule has 0 aromatic rings. The molecule has 0 spiro atoms. The molecule has 0 radical (unpaired) electrons. The van der Waals surface area contributed by atoms with Crippen molar-refractivity contribution in [3.05, 3.63) is 0 Å². The molecule has 100 valence electrons. The lowest BCUT2D eigenvalue weighted by Gasteiger charge is -2.32. The topological polar surface area (TPSA) is 24.5 Å². The van der Waals surface area contributed by atoms with E-state index in [0.717, 1.165) is 25.2 Å². The fourth-order valence-corrected chi connectivity index (χ4v) is 2.68. The lowest BCUT2D eigenvalue weighted by molar-refractivity contribution is 0.117. The van der Waals surface area contributed by atoms with E-state index in [4.69, 9.17) is 4.74 Å². The summed E-state index contributed by atoms with van der Waals surface area (Å²) >= 11 is 0. The van der Waals surface area contributed by atoms with Gasteiger partial charge < -0.3 is 15.0 Å². The van der Waals surface area contributed by atoms with Gasteiger partial charge in [-0.15, -0.1) is 0 Å². The first-order valence-electron chi connectivity index (χ1n) is 7.42. The molecule has 3 heteroatoms. The summed E-state index contributed by atoms with van der Waals surface area (Å²) in [6.45, 7) is 8.91. The van der Waals surface area contributed by atoms with Crippen molar-refractivity contribution in [1.29, 1.82) is 0 Å². The number of nitrogens with zero attached hydrogens (tertiary/aromatic N) is 1. The second-order valence-corrected chi connectivity index (χ2v) is 5.54. The van der Waals surface area contributed by atoms with E-state index in [1.54, 1.807) is 0 Å². The molecule has 3 nitrogen and oxygen atoms in total. The largest absolute Gasteiger partial charge is 0.382 e. The fourth-order valence-electron chi connectivity index (χ4n) is 2.68. The van der Waals surface area contributed by atoms with Gasteiger partial charge in [-0.25, -0.2) is 0 Å². The lowest BCUT2D eigenvalue weighted by Crippen LogP contribution is -2.40. The molecular formula is C14H28N2O. The van der Waals surface area contributed by atoms with E-state index < -0.39 is 0 Å². The third kappa shape index (κ3) is 5.36. The van der Waals surface area contributed by atoms with E-state index in [-0.39, 0.29) is 0 Å². The Labute approximate surface area is 106 Å². The predicted octanol–water partition coefficient (Wildman–Crippen LogP) is 1.88. The fraction of sp³-hybridized carbons (Fsp3) is 1.00. The Morgan fingerprint density at radius 2 is 2.18 bits per heavy atom. The van der Waals surface area contributed by atoms with Crippen LogP contribution in [0.4, 0.5) is 0 Å². The monoisotopic (exact) mass is 240 g/mol. The highest BCUT2D eigenvalue weighted by Crippen LogP contribution is 2.21. The van der Waals surface area contributed by atoms with E-state index in [2.05, 4.69) is 17.1 Å². The number of rotatable bonds is 8. The summed E-state index contributed by atoms with van der Waals surface area (Å²) in [5, 5.41) is 3.67. The Balaban J connectivity index is 1.55. The van der Waals surface area contributed by atoms with Crippen LogP contribution in [0.1, 0.15) is 39.0 Å². The van der Waals surface area contributed by atoms with Crippen LogP contribution in [0.2, 0.25) is 0 Å². The number of hydrogen-bond donors (Lipinski definition) is 1. The second-order valence-electron chi connectivity index (χ2n) is 5.54. The number of ether oxygens (including phenoxy) is 1. The van der Waals surface area contributed by atoms with E-state index >= 15 is 0 Å². The molecule has 0 amide bonds. The standard InChI is InChI=1S/C14H28N2O/c1-2-17-10-4-9-16-8-3-5-13(12-16)11-15-14-6-7-14/h13-15H,2-12H2,1H3. The van der Waals surface area contributed by atoms with Gasteiger partial charge in [0.1, 0.15) is 0 Å². The zero-order chi connectivity index (χ0) is 11.9. The van der Waals surface area contributed by atoms with E-state index in [0.29, 0.717) is 0 Å². The Kier molecular flexibility index (Phi) is 5.75. The minimum atomic E-state index is 0.855. The van der Waals surface area contributed by atoms with E-state index in [1.165, 1.54) is 58.3 Å². The summed E-state index contributed by atoms with van der Waals surface area (Å²) < 4.78 is 5.40.